The zero-order valence-electron chi connectivity index (χ0n) is 15.2. The maximum absolute atomic E-state index is 13.5. The van der Waals surface area contributed by atoms with E-state index in [0.717, 1.165) is 36.6 Å². The number of para-hydroxylation sites is 1. The second-order valence-electron chi connectivity index (χ2n) is 8.33. The molecule has 2 aromatic rings. The lowest BCUT2D eigenvalue weighted by Gasteiger charge is -2.49. The van der Waals surface area contributed by atoms with Crippen LogP contribution in [0.25, 0.3) is 10.9 Å². The number of hydrogen-bond acceptors (Lipinski definition) is 3. The summed E-state index contributed by atoms with van der Waals surface area (Å²) in [7, 11) is 0. The molecule has 1 saturated carbocycles. The van der Waals surface area contributed by atoms with Crippen LogP contribution in [0.4, 0.5) is 0 Å². The number of H-pyrrole nitrogens is 1. The second-order valence-corrected chi connectivity index (χ2v) is 8.33. The standard InChI is InChI=1S/C20H24N4O2/c1-12(25)24-13-10-20(2)16(8-5-9-17(20)24)23(11-13)19(26)18-14-6-3-4-7-15(14)21-22-18/h3-4,6-7,13,16-17H,5,8-11H2,1-2H3,(H,21,22)/t13-,16+,17-,20+/m0/s1. The molecule has 1 aromatic heterocycles. The van der Waals surface area contributed by atoms with Gasteiger partial charge in [-0.1, -0.05) is 25.1 Å². The van der Waals surface area contributed by atoms with Crippen LogP contribution in [0, 0.1) is 5.41 Å². The SMILES string of the molecule is CC(=O)N1[C@@H]2CN(C(=O)c3n[nH]c4ccccc34)[C@@H]3CCC[C@H]1[C@]3(C)C2. The molecule has 2 amide bonds. The van der Waals surface area contributed by atoms with Gasteiger partial charge in [0.2, 0.25) is 5.91 Å². The predicted octanol–water partition coefficient (Wildman–Crippen LogP) is 2.57. The van der Waals surface area contributed by atoms with Crippen LogP contribution in [0.3, 0.4) is 0 Å². The molecule has 4 atom stereocenters. The van der Waals surface area contributed by atoms with E-state index < -0.39 is 0 Å². The van der Waals surface area contributed by atoms with E-state index in [4.69, 9.17) is 0 Å². The van der Waals surface area contributed by atoms with Crippen LogP contribution in [0.5, 0.6) is 0 Å². The lowest BCUT2D eigenvalue weighted by atomic mass is 9.65. The van der Waals surface area contributed by atoms with Gasteiger partial charge < -0.3 is 9.80 Å². The fourth-order valence-electron chi connectivity index (χ4n) is 5.96. The molecule has 26 heavy (non-hydrogen) atoms. The Balaban J connectivity index is 1.56. The summed E-state index contributed by atoms with van der Waals surface area (Å²) in [6.45, 7) is 4.57. The number of aromatic amines is 1. The van der Waals surface area contributed by atoms with Gasteiger partial charge in [0.05, 0.1) is 11.6 Å². The first-order chi connectivity index (χ1) is 12.5. The predicted molar refractivity (Wildman–Crippen MR) is 97.6 cm³/mol. The Morgan fingerprint density at radius 3 is 2.81 bits per heavy atom. The number of fused-ring (bicyclic) bond motifs is 2. The maximum Gasteiger partial charge on any atom is 0.275 e. The van der Waals surface area contributed by atoms with Crippen LogP contribution in [-0.2, 0) is 4.79 Å². The molecular formula is C20H24N4O2. The molecule has 6 heteroatoms. The summed E-state index contributed by atoms with van der Waals surface area (Å²) < 4.78 is 0. The summed E-state index contributed by atoms with van der Waals surface area (Å²) in [6, 6.07) is 8.33. The highest BCUT2D eigenvalue weighted by molar-refractivity contribution is 6.04. The number of hydrogen-bond donors (Lipinski definition) is 1. The van der Waals surface area contributed by atoms with Crippen molar-refractivity contribution in [2.75, 3.05) is 6.54 Å². The number of piperidine rings is 1. The monoisotopic (exact) mass is 352 g/mol. The number of nitrogens with one attached hydrogen (secondary N) is 1. The average Bonchev–Trinajstić information content (AvgIpc) is 3.17. The highest BCUT2D eigenvalue weighted by Crippen LogP contribution is 2.54. The van der Waals surface area contributed by atoms with Crippen LogP contribution in [0.15, 0.2) is 24.3 Å². The van der Waals surface area contributed by atoms with Gasteiger partial charge in [-0.3, -0.25) is 14.7 Å². The minimum Gasteiger partial charge on any atom is -0.335 e. The van der Waals surface area contributed by atoms with Crippen LogP contribution < -0.4 is 0 Å². The zero-order valence-corrected chi connectivity index (χ0v) is 15.2. The van der Waals surface area contributed by atoms with E-state index in [0.29, 0.717) is 12.2 Å². The third-order valence-electron chi connectivity index (χ3n) is 6.96. The van der Waals surface area contributed by atoms with Crippen molar-refractivity contribution in [2.24, 2.45) is 5.41 Å². The van der Waals surface area contributed by atoms with Gasteiger partial charge in [-0.05, 0) is 31.7 Å². The van der Waals surface area contributed by atoms with Crippen molar-refractivity contribution < 1.29 is 9.59 Å². The summed E-state index contributed by atoms with van der Waals surface area (Å²) in [5, 5.41) is 8.17. The molecule has 1 N–H and O–H groups in total. The molecule has 1 aromatic carbocycles. The number of carbonyl (C=O) groups excluding carboxylic acids is 2. The first-order valence-corrected chi connectivity index (χ1v) is 9.53. The molecule has 3 aliphatic rings. The van der Waals surface area contributed by atoms with Crippen molar-refractivity contribution in [3.63, 3.8) is 0 Å². The number of nitrogens with zero attached hydrogens (tertiary/aromatic N) is 3. The Morgan fingerprint density at radius 1 is 1.23 bits per heavy atom. The molecule has 3 fully saturated rings. The molecule has 5 rings (SSSR count). The number of rotatable bonds is 1. The Hall–Kier alpha value is -2.37. The molecule has 6 nitrogen and oxygen atoms in total. The third kappa shape index (κ3) is 1.95. The summed E-state index contributed by atoms with van der Waals surface area (Å²) in [4.78, 5) is 29.9. The smallest absolute Gasteiger partial charge is 0.275 e. The van der Waals surface area contributed by atoms with E-state index in [-0.39, 0.29) is 35.4 Å². The number of aromatic nitrogens is 2. The minimum atomic E-state index is -0.00535. The van der Waals surface area contributed by atoms with Crippen molar-refractivity contribution in [2.45, 2.75) is 57.7 Å². The highest BCUT2D eigenvalue weighted by atomic mass is 16.2. The zero-order chi connectivity index (χ0) is 18.1. The molecule has 2 bridgehead atoms. The summed E-state index contributed by atoms with van der Waals surface area (Å²) in [5.41, 5.74) is 1.38. The summed E-state index contributed by atoms with van der Waals surface area (Å²) in [5.74, 6) is 0.137. The summed E-state index contributed by atoms with van der Waals surface area (Å²) >= 11 is 0. The van der Waals surface area contributed by atoms with E-state index in [1.54, 1.807) is 6.92 Å². The molecule has 3 heterocycles. The van der Waals surface area contributed by atoms with E-state index >= 15 is 0 Å². The second kappa shape index (κ2) is 5.32. The van der Waals surface area contributed by atoms with Crippen LogP contribution in [0.2, 0.25) is 0 Å². The molecule has 0 radical (unpaired) electrons. The number of carbonyl (C=O) groups is 2. The largest absolute Gasteiger partial charge is 0.335 e. The van der Waals surface area contributed by atoms with Crippen molar-refractivity contribution in [1.29, 1.82) is 0 Å². The van der Waals surface area contributed by atoms with E-state index in [1.807, 2.05) is 29.2 Å². The van der Waals surface area contributed by atoms with Gasteiger partial charge in [0.1, 0.15) is 0 Å². The molecule has 2 saturated heterocycles. The van der Waals surface area contributed by atoms with Gasteiger partial charge >= 0.3 is 0 Å². The van der Waals surface area contributed by atoms with Crippen molar-refractivity contribution >= 4 is 22.7 Å². The van der Waals surface area contributed by atoms with Gasteiger partial charge in [-0.25, -0.2) is 0 Å². The highest BCUT2D eigenvalue weighted by Gasteiger charge is 2.61. The van der Waals surface area contributed by atoms with Crippen LogP contribution >= 0.6 is 0 Å². The topological polar surface area (TPSA) is 69.3 Å². The van der Waals surface area contributed by atoms with Gasteiger partial charge in [0.15, 0.2) is 5.69 Å². The molecule has 0 spiro atoms. The van der Waals surface area contributed by atoms with E-state index in [1.165, 1.54) is 0 Å². The van der Waals surface area contributed by atoms with Crippen molar-refractivity contribution in [3.05, 3.63) is 30.0 Å². The Morgan fingerprint density at radius 2 is 2.00 bits per heavy atom. The van der Waals surface area contributed by atoms with Crippen LogP contribution in [0.1, 0.15) is 50.0 Å². The maximum atomic E-state index is 13.5. The van der Waals surface area contributed by atoms with Gasteiger partial charge in [0.25, 0.3) is 5.91 Å². The van der Waals surface area contributed by atoms with Gasteiger partial charge in [0, 0.05) is 36.4 Å². The molecular weight excluding hydrogens is 328 g/mol. The van der Waals surface area contributed by atoms with Gasteiger partial charge in [-0.2, -0.15) is 5.10 Å². The summed E-state index contributed by atoms with van der Waals surface area (Å²) in [6.07, 6.45) is 4.13. The molecule has 136 valence electrons. The number of likely N-dealkylation sites (tertiary alicyclic amines) is 2. The normalized spacial score (nSPS) is 32.9. The average molecular weight is 352 g/mol. The first-order valence-electron chi connectivity index (χ1n) is 9.53. The molecule has 2 aliphatic heterocycles. The fourth-order valence-corrected chi connectivity index (χ4v) is 5.96. The molecule has 1 aliphatic carbocycles. The Labute approximate surface area is 152 Å². The van der Waals surface area contributed by atoms with Crippen molar-refractivity contribution in [3.8, 4) is 0 Å². The Bertz CT molecular complexity index is 906. The van der Waals surface area contributed by atoms with E-state index in [9.17, 15) is 9.59 Å². The molecule has 0 unspecified atom stereocenters. The van der Waals surface area contributed by atoms with Crippen molar-refractivity contribution in [1.82, 2.24) is 20.0 Å². The third-order valence-corrected chi connectivity index (χ3v) is 6.96. The Kier molecular flexibility index (Phi) is 3.24. The van der Waals surface area contributed by atoms with Gasteiger partial charge in [-0.15, -0.1) is 0 Å². The lowest BCUT2D eigenvalue weighted by Crippen LogP contribution is -2.57. The van der Waals surface area contributed by atoms with Crippen LogP contribution in [-0.4, -0.2) is 56.5 Å². The van der Waals surface area contributed by atoms with E-state index in [2.05, 4.69) is 22.0 Å². The lowest BCUT2D eigenvalue weighted by molar-refractivity contribution is -0.132. The quantitative estimate of drug-likeness (QED) is 0.858. The number of amides is 2. The number of benzene rings is 1. The fraction of sp³-hybridized carbons (Fsp3) is 0.550. The first kappa shape index (κ1) is 15.9. The minimum absolute atomic E-state index is 0.00516.